The first-order chi connectivity index (χ1) is 15.5. The molecule has 0 bridgehead atoms. The number of amides is 2. The number of carboxylic acids is 1. The fraction of sp³-hybridized carbons (Fsp3) is 0.476. The van der Waals surface area contributed by atoms with Crippen LogP contribution >= 0.6 is 0 Å². The lowest BCUT2D eigenvalue weighted by Crippen LogP contribution is -2.58. The lowest BCUT2D eigenvalue weighted by molar-refractivity contribution is -0.163. The number of esters is 2. The van der Waals surface area contributed by atoms with Crippen molar-refractivity contribution in [3.05, 3.63) is 35.9 Å². The van der Waals surface area contributed by atoms with Crippen LogP contribution in [-0.2, 0) is 40.0 Å². The second kappa shape index (κ2) is 13.0. The molecule has 1 rings (SSSR count). The van der Waals surface area contributed by atoms with E-state index in [-0.39, 0.29) is 6.61 Å². The van der Waals surface area contributed by atoms with Gasteiger partial charge in [0.2, 0.25) is 5.91 Å². The Labute approximate surface area is 190 Å². The van der Waals surface area contributed by atoms with Crippen LogP contribution < -0.4 is 10.6 Å². The molecule has 0 saturated heterocycles. The van der Waals surface area contributed by atoms with E-state index in [1.54, 1.807) is 30.3 Å². The van der Waals surface area contributed by atoms with E-state index >= 15 is 0 Å². The highest BCUT2D eigenvalue weighted by Crippen LogP contribution is 2.20. The molecule has 0 aliphatic rings. The van der Waals surface area contributed by atoms with Gasteiger partial charge in [-0.2, -0.15) is 0 Å². The van der Waals surface area contributed by atoms with Gasteiger partial charge in [0.1, 0.15) is 18.7 Å². The second-order valence-electron chi connectivity index (χ2n) is 7.13. The third kappa shape index (κ3) is 8.07. The summed E-state index contributed by atoms with van der Waals surface area (Å²) in [7, 11) is 2.02. The number of hydrogen-bond donors (Lipinski definition) is 4. The number of carbonyl (C=O) groups is 5. The number of aliphatic hydroxyl groups is 1. The van der Waals surface area contributed by atoms with Crippen LogP contribution in [0.1, 0.15) is 19.4 Å². The number of ether oxygens (including phenoxy) is 3. The lowest BCUT2D eigenvalue weighted by atomic mass is 9.87. The Morgan fingerprint density at radius 2 is 1.45 bits per heavy atom. The monoisotopic (exact) mass is 468 g/mol. The van der Waals surface area contributed by atoms with Gasteiger partial charge in [0, 0.05) is 5.92 Å². The molecule has 4 N–H and O–H groups in total. The maximum atomic E-state index is 12.7. The summed E-state index contributed by atoms with van der Waals surface area (Å²) in [5.41, 5.74) is 0.683. The second-order valence-corrected chi connectivity index (χ2v) is 7.13. The summed E-state index contributed by atoms with van der Waals surface area (Å²) in [6.45, 7) is 2.33. The van der Waals surface area contributed by atoms with Gasteiger partial charge in [-0.05, 0) is 12.5 Å². The molecular formula is C21H28N2O10. The van der Waals surface area contributed by atoms with E-state index in [1.165, 1.54) is 13.8 Å². The zero-order valence-corrected chi connectivity index (χ0v) is 18.6. The van der Waals surface area contributed by atoms with Gasteiger partial charge < -0.3 is 35.1 Å². The summed E-state index contributed by atoms with van der Waals surface area (Å²) in [6.07, 6.45) is -2.46. The molecular weight excluding hydrogens is 440 g/mol. The SMILES string of the molecule is COC(=O)C(C(=O)OC)[C@@H](C)[C@H](NC(=O)[C@@H](NC(=O)OCc1ccccc1)[C@@H](C)O)C(=O)O. The minimum Gasteiger partial charge on any atom is -0.480 e. The van der Waals surface area contributed by atoms with Gasteiger partial charge in [-0.3, -0.25) is 14.4 Å². The van der Waals surface area contributed by atoms with Crippen LogP contribution in [0.2, 0.25) is 0 Å². The summed E-state index contributed by atoms with van der Waals surface area (Å²) in [4.78, 5) is 60.6. The number of carbonyl (C=O) groups excluding carboxylic acids is 4. The average molecular weight is 468 g/mol. The van der Waals surface area contributed by atoms with E-state index in [2.05, 4.69) is 20.1 Å². The highest BCUT2D eigenvalue weighted by atomic mass is 16.6. The van der Waals surface area contributed by atoms with Crippen LogP contribution in [0.25, 0.3) is 0 Å². The van der Waals surface area contributed by atoms with Crippen LogP contribution in [0.15, 0.2) is 30.3 Å². The van der Waals surface area contributed by atoms with E-state index in [0.29, 0.717) is 5.56 Å². The van der Waals surface area contributed by atoms with Crippen molar-refractivity contribution >= 4 is 29.9 Å². The van der Waals surface area contributed by atoms with E-state index in [0.717, 1.165) is 14.2 Å². The fourth-order valence-electron chi connectivity index (χ4n) is 2.93. The highest BCUT2D eigenvalue weighted by molar-refractivity contribution is 5.96. The highest BCUT2D eigenvalue weighted by Gasteiger charge is 2.43. The molecule has 0 heterocycles. The van der Waals surface area contributed by atoms with Crippen molar-refractivity contribution in [3.8, 4) is 0 Å². The van der Waals surface area contributed by atoms with Crippen molar-refractivity contribution in [2.75, 3.05) is 14.2 Å². The maximum Gasteiger partial charge on any atom is 0.408 e. The molecule has 182 valence electrons. The number of hydrogen-bond acceptors (Lipinski definition) is 9. The van der Waals surface area contributed by atoms with Gasteiger partial charge in [-0.25, -0.2) is 9.59 Å². The molecule has 2 amide bonds. The van der Waals surface area contributed by atoms with Crippen molar-refractivity contribution in [1.82, 2.24) is 10.6 Å². The molecule has 1 aromatic rings. The summed E-state index contributed by atoms with van der Waals surface area (Å²) in [5.74, 6) is -7.69. The Bertz CT molecular complexity index is 827. The molecule has 12 heteroatoms. The predicted molar refractivity (Wildman–Crippen MR) is 111 cm³/mol. The Balaban J connectivity index is 2.93. The molecule has 4 atom stereocenters. The number of aliphatic hydroxyl groups excluding tert-OH is 1. The van der Waals surface area contributed by atoms with E-state index in [1.807, 2.05) is 0 Å². The molecule has 0 aromatic heterocycles. The zero-order chi connectivity index (χ0) is 25.1. The molecule has 0 aliphatic heterocycles. The third-order valence-electron chi connectivity index (χ3n) is 4.78. The number of rotatable bonds is 11. The predicted octanol–water partition coefficient (Wildman–Crippen LogP) is -0.170. The number of carboxylic acid groups (broad SMARTS) is 1. The Hall–Kier alpha value is -3.67. The topological polar surface area (TPSA) is 178 Å². The Morgan fingerprint density at radius 3 is 1.91 bits per heavy atom. The van der Waals surface area contributed by atoms with Crippen molar-refractivity contribution < 1.29 is 48.4 Å². The largest absolute Gasteiger partial charge is 0.480 e. The Kier molecular flexibility index (Phi) is 10.8. The minimum atomic E-state index is -1.76. The number of methoxy groups -OCH3 is 2. The van der Waals surface area contributed by atoms with Gasteiger partial charge in [0.15, 0.2) is 5.92 Å². The first-order valence-corrected chi connectivity index (χ1v) is 9.87. The standard InChI is InChI=1S/C21H28N2O10/c1-11(14(19(28)31-3)20(29)32-4)15(18(26)27)22-17(25)16(12(2)24)23-21(30)33-10-13-8-6-5-7-9-13/h5-9,11-12,14-16,24H,10H2,1-4H3,(H,22,25)(H,23,30)(H,26,27)/t11-,12-,15+,16+/m1/s1. The maximum absolute atomic E-state index is 12.7. The van der Waals surface area contributed by atoms with Crippen LogP contribution in [0, 0.1) is 11.8 Å². The van der Waals surface area contributed by atoms with E-state index in [9.17, 15) is 34.2 Å². The van der Waals surface area contributed by atoms with Crippen LogP contribution in [0.5, 0.6) is 0 Å². The summed E-state index contributed by atoms with van der Waals surface area (Å²) >= 11 is 0. The van der Waals surface area contributed by atoms with Crippen LogP contribution in [-0.4, -0.2) is 72.5 Å². The lowest BCUT2D eigenvalue weighted by Gasteiger charge is -2.28. The minimum absolute atomic E-state index is 0.102. The molecule has 0 spiro atoms. The van der Waals surface area contributed by atoms with Gasteiger partial charge in [-0.15, -0.1) is 0 Å². The number of alkyl carbamates (subject to hydrolysis) is 1. The normalized spacial score (nSPS) is 14.2. The molecule has 0 unspecified atom stereocenters. The molecule has 33 heavy (non-hydrogen) atoms. The first kappa shape index (κ1) is 27.4. The van der Waals surface area contributed by atoms with Crippen molar-refractivity contribution in [2.45, 2.75) is 38.6 Å². The molecule has 0 aliphatic carbocycles. The summed E-state index contributed by atoms with van der Waals surface area (Å²) in [6, 6.07) is 5.34. The van der Waals surface area contributed by atoms with Gasteiger partial charge in [0.25, 0.3) is 0 Å². The van der Waals surface area contributed by atoms with Crippen molar-refractivity contribution in [1.29, 1.82) is 0 Å². The van der Waals surface area contributed by atoms with Gasteiger partial charge in [0.05, 0.1) is 20.3 Å². The van der Waals surface area contributed by atoms with E-state index in [4.69, 9.17) is 4.74 Å². The number of nitrogens with one attached hydrogen (secondary N) is 2. The van der Waals surface area contributed by atoms with Gasteiger partial charge in [-0.1, -0.05) is 37.3 Å². The molecule has 1 aromatic carbocycles. The molecule has 0 radical (unpaired) electrons. The third-order valence-corrected chi connectivity index (χ3v) is 4.78. The summed E-state index contributed by atoms with van der Waals surface area (Å²) in [5, 5.41) is 23.8. The fourth-order valence-corrected chi connectivity index (χ4v) is 2.93. The molecule has 0 saturated carbocycles. The zero-order valence-electron chi connectivity index (χ0n) is 18.6. The average Bonchev–Trinajstić information content (AvgIpc) is 2.79. The Morgan fingerprint density at radius 1 is 0.909 bits per heavy atom. The number of aliphatic carboxylic acids is 1. The van der Waals surface area contributed by atoms with Crippen molar-refractivity contribution in [2.24, 2.45) is 11.8 Å². The first-order valence-electron chi connectivity index (χ1n) is 9.87. The van der Waals surface area contributed by atoms with Gasteiger partial charge >= 0.3 is 24.0 Å². The van der Waals surface area contributed by atoms with E-state index < -0.39 is 59.9 Å². The summed E-state index contributed by atoms with van der Waals surface area (Å²) < 4.78 is 14.1. The van der Waals surface area contributed by atoms with Crippen LogP contribution in [0.3, 0.4) is 0 Å². The quantitative estimate of drug-likeness (QED) is 0.194. The van der Waals surface area contributed by atoms with Crippen molar-refractivity contribution in [3.63, 3.8) is 0 Å². The number of benzene rings is 1. The molecule has 12 nitrogen and oxygen atoms in total. The molecule has 0 fully saturated rings. The van der Waals surface area contributed by atoms with Crippen LogP contribution in [0.4, 0.5) is 4.79 Å². The smallest absolute Gasteiger partial charge is 0.408 e.